The van der Waals surface area contributed by atoms with E-state index in [1.54, 1.807) is 32.6 Å². The van der Waals surface area contributed by atoms with E-state index in [9.17, 15) is 14.4 Å². The highest BCUT2D eigenvalue weighted by atomic mass is 16.6. The molecule has 7 heteroatoms. The number of hydrogen-bond donors (Lipinski definition) is 2. The maximum atomic E-state index is 13.7. The lowest BCUT2D eigenvalue weighted by atomic mass is 9.94. The van der Waals surface area contributed by atoms with Gasteiger partial charge in [-0.05, 0) is 66.5 Å². The molecule has 3 amide bonds. The number of alkyl carbamates (subject to hydrolysis) is 1. The summed E-state index contributed by atoms with van der Waals surface area (Å²) in [6.07, 6.45) is -0.687. The zero-order valence-electron chi connectivity index (χ0n) is 22.1. The van der Waals surface area contributed by atoms with Crippen LogP contribution in [0.25, 0.3) is 0 Å². The molecule has 7 nitrogen and oxygen atoms in total. The molecular weight excluding hydrogens is 442 g/mol. The van der Waals surface area contributed by atoms with Crippen LogP contribution in [0.15, 0.2) is 54.6 Å². The highest BCUT2D eigenvalue weighted by Crippen LogP contribution is 2.30. The molecule has 2 unspecified atom stereocenters. The molecule has 0 radical (unpaired) electrons. The molecule has 2 atom stereocenters. The second kappa shape index (κ2) is 11.4. The summed E-state index contributed by atoms with van der Waals surface area (Å²) in [4.78, 5) is 41.3. The van der Waals surface area contributed by atoms with Gasteiger partial charge >= 0.3 is 6.09 Å². The van der Waals surface area contributed by atoms with Gasteiger partial charge in [-0.15, -0.1) is 0 Å². The summed E-state index contributed by atoms with van der Waals surface area (Å²) in [7, 11) is 0. The topological polar surface area (TPSA) is 87.7 Å². The van der Waals surface area contributed by atoms with Gasteiger partial charge in [-0.25, -0.2) is 4.79 Å². The second-order valence-corrected chi connectivity index (χ2v) is 10.8. The first-order valence-electron chi connectivity index (χ1n) is 11.9. The maximum Gasteiger partial charge on any atom is 0.408 e. The highest BCUT2D eigenvalue weighted by Gasteiger charge is 2.40. The largest absolute Gasteiger partial charge is 0.444 e. The van der Waals surface area contributed by atoms with Crippen LogP contribution in [-0.4, -0.2) is 40.0 Å². The monoisotopic (exact) mass is 481 g/mol. The Morgan fingerprint density at radius 2 is 1.57 bits per heavy atom. The number of carbonyl (C=O) groups excluding carboxylic acids is 3. The Kier molecular flexibility index (Phi) is 9.07. The average Bonchev–Trinajstić information content (AvgIpc) is 2.73. The molecule has 190 valence electrons. The van der Waals surface area contributed by atoms with E-state index in [-0.39, 0.29) is 11.8 Å². The van der Waals surface area contributed by atoms with Crippen molar-refractivity contribution in [3.8, 4) is 0 Å². The smallest absolute Gasteiger partial charge is 0.408 e. The van der Waals surface area contributed by atoms with Crippen LogP contribution in [0.4, 0.5) is 4.79 Å². The molecule has 2 N–H and O–H groups in total. The minimum Gasteiger partial charge on any atom is -0.444 e. The third-order valence-corrected chi connectivity index (χ3v) is 5.24. The van der Waals surface area contributed by atoms with Crippen molar-refractivity contribution in [3.05, 3.63) is 71.3 Å². The zero-order chi connectivity index (χ0) is 26.4. The predicted octanol–water partition coefficient (Wildman–Crippen LogP) is 4.89. The van der Waals surface area contributed by atoms with Crippen molar-refractivity contribution >= 4 is 17.9 Å². The van der Waals surface area contributed by atoms with Crippen LogP contribution in [0, 0.1) is 6.92 Å². The molecule has 0 saturated heterocycles. The average molecular weight is 482 g/mol. The van der Waals surface area contributed by atoms with E-state index < -0.39 is 29.3 Å². The number of rotatable bonds is 7. The molecular formula is C28H39N3O4. The normalized spacial score (nSPS) is 13.4. The number of nitrogens with zero attached hydrogens (tertiary/aromatic N) is 1. The SMILES string of the molecule is Cc1cccc(C(C(=O)NCc2ccccc2)N(C(=O)C(C)NC(=O)OC(C)(C)C)C(C)(C)C)c1. The highest BCUT2D eigenvalue weighted by molar-refractivity contribution is 5.92. The van der Waals surface area contributed by atoms with Crippen molar-refractivity contribution in [2.45, 2.75) is 85.2 Å². The minimum atomic E-state index is -0.904. The van der Waals surface area contributed by atoms with Crippen LogP contribution in [0.2, 0.25) is 0 Å². The third-order valence-electron chi connectivity index (χ3n) is 5.24. The lowest BCUT2D eigenvalue weighted by Crippen LogP contribution is -2.57. The minimum absolute atomic E-state index is 0.299. The molecule has 2 aromatic carbocycles. The Balaban J connectivity index is 2.40. The van der Waals surface area contributed by atoms with Crippen LogP contribution in [-0.2, 0) is 20.9 Å². The third kappa shape index (κ3) is 8.42. The number of aryl methyl sites for hydroxylation is 1. The number of nitrogens with one attached hydrogen (secondary N) is 2. The van der Waals surface area contributed by atoms with E-state index in [1.165, 1.54) is 0 Å². The molecule has 2 rings (SSSR count). The van der Waals surface area contributed by atoms with E-state index in [0.717, 1.165) is 11.1 Å². The number of hydrogen-bond acceptors (Lipinski definition) is 4. The van der Waals surface area contributed by atoms with E-state index in [4.69, 9.17) is 4.74 Å². The first-order valence-corrected chi connectivity index (χ1v) is 11.9. The molecule has 0 aliphatic rings. The summed E-state index contributed by atoms with van der Waals surface area (Å²) < 4.78 is 5.32. The lowest BCUT2D eigenvalue weighted by molar-refractivity contribution is -0.148. The number of amides is 3. The van der Waals surface area contributed by atoms with Gasteiger partial charge in [0.05, 0.1) is 0 Å². The maximum absolute atomic E-state index is 13.7. The van der Waals surface area contributed by atoms with Crippen molar-refractivity contribution in [2.75, 3.05) is 0 Å². The van der Waals surface area contributed by atoms with Crippen molar-refractivity contribution < 1.29 is 19.1 Å². The van der Waals surface area contributed by atoms with Gasteiger partial charge in [0.15, 0.2) is 0 Å². The van der Waals surface area contributed by atoms with Gasteiger partial charge in [0.1, 0.15) is 17.7 Å². The summed E-state index contributed by atoms with van der Waals surface area (Å²) in [6.45, 7) is 14.8. The van der Waals surface area contributed by atoms with Gasteiger partial charge in [-0.2, -0.15) is 0 Å². The summed E-state index contributed by atoms with van der Waals surface area (Å²) in [5.41, 5.74) is 1.21. The van der Waals surface area contributed by atoms with Gasteiger partial charge in [0.2, 0.25) is 11.8 Å². The van der Waals surface area contributed by atoms with Crippen molar-refractivity contribution in [3.63, 3.8) is 0 Å². The van der Waals surface area contributed by atoms with E-state index >= 15 is 0 Å². The van der Waals surface area contributed by atoms with E-state index in [1.807, 2.05) is 82.3 Å². The molecule has 0 spiro atoms. The van der Waals surface area contributed by atoms with Gasteiger partial charge in [-0.1, -0.05) is 60.2 Å². The molecule has 35 heavy (non-hydrogen) atoms. The molecule has 0 aliphatic carbocycles. The molecule has 0 heterocycles. The van der Waals surface area contributed by atoms with Crippen LogP contribution < -0.4 is 10.6 Å². The number of benzene rings is 2. The fraction of sp³-hybridized carbons (Fsp3) is 0.464. The van der Waals surface area contributed by atoms with E-state index in [2.05, 4.69) is 10.6 Å². The summed E-state index contributed by atoms with van der Waals surface area (Å²) >= 11 is 0. The van der Waals surface area contributed by atoms with Crippen molar-refractivity contribution in [2.24, 2.45) is 0 Å². The quantitative estimate of drug-likeness (QED) is 0.589. The molecule has 0 aromatic heterocycles. The molecule has 0 aliphatic heterocycles. The van der Waals surface area contributed by atoms with Crippen molar-refractivity contribution in [1.29, 1.82) is 0 Å². The van der Waals surface area contributed by atoms with Crippen molar-refractivity contribution in [1.82, 2.24) is 15.5 Å². The van der Waals surface area contributed by atoms with Crippen LogP contribution >= 0.6 is 0 Å². The van der Waals surface area contributed by atoms with Crippen LogP contribution in [0.1, 0.15) is 71.2 Å². The number of carbonyl (C=O) groups is 3. The predicted molar refractivity (Wildman–Crippen MR) is 138 cm³/mol. The fourth-order valence-corrected chi connectivity index (χ4v) is 3.74. The zero-order valence-corrected chi connectivity index (χ0v) is 22.1. The summed E-state index contributed by atoms with van der Waals surface area (Å²) in [5.74, 6) is -0.683. The van der Waals surface area contributed by atoms with Gasteiger partial charge in [0, 0.05) is 12.1 Å². The standard InChI is InChI=1S/C28H39N3O4/c1-19-13-12-16-22(17-19)23(24(32)29-18-21-14-10-9-11-15-21)31(27(3,4)5)25(33)20(2)30-26(34)35-28(6,7)8/h9-17,20,23H,18H2,1-8H3,(H,29,32)(H,30,34). The van der Waals surface area contributed by atoms with Gasteiger partial charge in [-0.3, -0.25) is 9.59 Å². The Labute approximate surface area is 209 Å². The van der Waals surface area contributed by atoms with Crippen LogP contribution in [0.5, 0.6) is 0 Å². The summed E-state index contributed by atoms with van der Waals surface area (Å²) in [5, 5.41) is 5.61. The molecule has 0 fully saturated rings. The second-order valence-electron chi connectivity index (χ2n) is 10.8. The Morgan fingerprint density at radius 1 is 0.943 bits per heavy atom. The molecule has 2 aromatic rings. The lowest BCUT2D eigenvalue weighted by Gasteiger charge is -2.42. The first kappa shape index (κ1) is 27.9. The first-order chi connectivity index (χ1) is 16.2. The Morgan fingerprint density at radius 3 is 2.11 bits per heavy atom. The fourth-order valence-electron chi connectivity index (χ4n) is 3.74. The van der Waals surface area contributed by atoms with E-state index in [0.29, 0.717) is 12.1 Å². The van der Waals surface area contributed by atoms with Gasteiger partial charge in [0.25, 0.3) is 0 Å². The summed E-state index contributed by atoms with van der Waals surface area (Å²) in [6, 6.07) is 15.4. The Bertz CT molecular complexity index is 1020. The number of ether oxygens (including phenoxy) is 1. The molecule has 0 bridgehead atoms. The molecule has 0 saturated carbocycles. The van der Waals surface area contributed by atoms with Gasteiger partial charge < -0.3 is 20.3 Å². The Hall–Kier alpha value is -3.35. The van der Waals surface area contributed by atoms with Crippen LogP contribution in [0.3, 0.4) is 0 Å².